The van der Waals surface area contributed by atoms with Crippen molar-refractivity contribution in [3.63, 3.8) is 0 Å². The summed E-state index contributed by atoms with van der Waals surface area (Å²) in [4.78, 5) is 0. The third-order valence-electron chi connectivity index (χ3n) is 2.89. The van der Waals surface area contributed by atoms with E-state index in [1.54, 1.807) is 19.1 Å². The van der Waals surface area contributed by atoms with Crippen LogP contribution in [0.3, 0.4) is 0 Å². The van der Waals surface area contributed by atoms with E-state index in [4.69, 9.17) is 0 Å². The minimum atomic E-state index is -2.81. The van der Waals surface area contributed by atoms with Crippen LogP contribution < -0.4 is 10.1 Å². The van der Waals surface area contributed by atoms with Gasteiger partial charge in [-0.1, -0.05) is 25.1 Å². The Balaban J connectivity index is 2.88. The fourth-order valence-electron chi connectivity index (χ4n) is 2.00. The van der Waals surface area contributed by atoms with E-state index >= 15 is 0 Å². The second kappa shape index (κ2) is 9.33. The molecule has 1 aromatic rings. The van der Waals surface area contributed by atoms with Crippen LogP contribution in [0.1, 0.15) is 44.7 Å². The second-order valence-electron chi connectivity index (χ2n) is 4.39. The van der Waals surface area contributed by atoms with Crippen LogP contribution in [0.15, 0.2) is 24.3 Å². The van der Waals surface area contributed by atoms with Crippen molar-refractivity contribution in [3.05, 3.63) is 29.8 Å². The van der Waals surface area contributed by atoms with Crippen molar-refractivity contribution < 1.29 is 13.5 Å². The molecule has 0 saturated carbocycles. The first-order valence-corrected chi connectivity index (χ1v) is 6.85. The zero-order valence-corrected chi connectivity index (χ0v) is 12.0. The van der Waals surface area contributed by atoms with Crippen molar-refractivity contribution in [1.29, 1.82) is 0 Å². The molecule has 0 amide bonds. The molecule has 0 heterocycles. The molecular weight excluding hydrogens is 260 g/mol. The minimum Gasteiger partial charge on any atom is -0.434 e. The van der Waals surface area contributed by atoms with Gasteiger partial charge in [-0.05, 0) is 32.4 Å². The molecule has 0 bridgehead atoms. The fourth-order valence-corrected chi connectivity index (χ4v) is 2.00. The lowest BCUT2D eigenvalue weighted by atomic mass is 10.0. The maximum absolute atomic E-state index is 12.5. The number of nitrogens with one attached hydrogen (secondary N) is 1. The molecule has 0 aliphatic rings. The molecule has 0 aromatic heterocycles. The largest absolute Gasteiger partial charge is 0.434 e. The topological polar surface area (TPSA) is 21.3 Å². The molecule has 1 unspecified atom stereocenters. The zero-order chi connectivity index (χ0) is 14.8. The first-order chi connectivity index (χ1) is 9.69. The van der Waals surface area contributed by atoms with Crippen LogP contribution in [0.25, 0.3) is 0 Å². The number of benzene rings is 1. The van der Waals surface area contributed by atoms with Gasteiger partial charge in [0.15, 0.2) is 0 Å². The quantitative estimate of drug-likeness (QED) is 0.723. The molecule has 4 heteroatoms. The summed E-state index contributed by atoms with van der Waals surface area (Å²) in [6.07, 6.45) is 2.47. The maximum Gasteiger partial charge on any atom is 0.387 e. The van der Waals surface area contributed by atoms with Gasteiger partial charge in [-0.2, -0.15) is 8.78 Å². The number of alkyl halides is 2. The highest BCUT2D eigenvalue weighted by Gasteiger charge is 2.17. The van der Waals surface area contributed by atoms with Crippen molar-refractivity contribution in [3.8, 4) is 17.6 Å². The Morgan fingerprint density at radius 3 is 2.70 bits per heavy atom. The van der Waals surface area contributed by atoms with Crippen molar-refractivity contribution in [2.45, 2.75) is 45.8 Å². The normalized spacial score (nSPS) is 11.8. The lowest BCUT2D eigenvalue weighted by molar-refractivity contribution is -0.0507. The summed E-state index contributed by atoms with van der Waals surface area (Å²) in [5, 5.41) is 3.37. The Morgan fingerprint density at radius 2 is 2.05 bits per heavy atom. The monoisotopic (exact) mass is 281 g/mol. The third-order valence-corrected chi connectivity index (χ3v) is 2.89. The summed E-state index contributed by atoms with van der Waals surface area (Å²) in [5.74, 6) is 6.09. The van der Waals surface area contributed by atoms with Gasteiger partial charge in [0.2, 0.25) is 0 Å². The first kappa shape index (κ1) is 16.5. The van der Waals surface area contributed by atoms with E-state index in [0.29, 0.717) is 0 Å². The lowest BCUT2D eigenvalue weighted by Gasteiger charge is -2.21. The zero-order valence-electron chi connectivity index (χ0n) is 12.0. The van der Waals surface area contributed by atoms with Crippen molar-refractivity contribution >= 4 is 0 Å². The number of ether oxygens (including phenoxy) is 1. The first-order valence-electron chi connectivity index (χ1n) is 6.85. The molecule has 0 fully saturated rings. The van der Waals surface area contributed by atoms with E-state index in [1.807, 2.05) is 12.1 Å². The predicted molar refractivity (Wildman–Crippen MR) is 76.8 cm³/mol. The van der Waals surface area contributed by atoms with Gasteiger partial charge < -0.3 is 10.1 Å². The highest BCUT2D eigenvalue weighted by Crippen LogP contribution is 2.29. The number of rotatable bonds is 8. The number of hydrogen-bond donors (Lipinski definition) is 1. The highest BCUT2D eigenvalue weighted by molar-refractivity contribution is 5.36. The number of hydrogen-bond acceptors (Lipinski definition) is 2. The van der Waals surface area contributed by atoms with Crippen LogP contribution in [0.2, 0.25) is 0 Å². The average Bonchev–Trinajstić information content (AvgIpc) is 2.43. The maximum atomic E-state index is 12.5. The summed E-state index contributed by atoms with van der Waals surface area (Å²) in [7, 11) is 0. The summed E-state index contributed by atoms with van der Waals surface area (Å²) in [6, 6.07) is 6.91. The molecule has 20 heavy (non-hydrogen) atoms. The van der Waals surface area contributed by atoms with Crippen LogP contribution >= 0.6 is 0 Å². The predicted octanol–water partition coefficient (Wildman–Crippen LogP) is 4.13. The summed E-state index contributed by atoms with van der Waals surface area (Å²) >= 11 is 0. The van der Waals surface area contributed by atoms with Gasteiger partial charge in [0.25, 0.3) is 0 Å². The smallest absolute Gasteiger partial charge is 0.387 e. The van der Waals surface area contributed by atoms with Crippen LogP contribution in [0.4, 0.5) is 8.78 Å². The molecule has 0 aliphatic heterocycles. The molecule has 1 rings (SSSR count). The van der Waals surface area contributed by atoms with Crippen LogP contribution in [-0.2, 0) is 0 Å². The van der Waals surface area contributed by atoms with E-state index in [-0.39, 0.29) is 11.8 Å². The SMILES string of the molecule is CC#CCCC(NCCC)c1ccccc1OC(F)F. The van der Waals surface area contributed by atoms with Gasteiger partial charge in [0, 0.05) is 18.0 Å². The Hall–Kier alpha value is -1.60. The van der Waals surface area contributed by atoms with Gasteiger partial charge in [0.05, 0.1) is 0 Å². The molecular formula is C16H21F2NO. The molecule has 110 valence electrons. The molecule has 1 aromatic carbocycles. The van der Waals surface area contributed by atoms with Gasteiger partial charge in [-0.25, -0.2) is 0 Å². The standard InChI is InChI=1S/C16H21F2NO/c1-3-5-6-10-14(19-12-4-2)13-9-7-8-11-15(13)20-16(17)18/h7-9,11,14,16,19H,4,6,10,12H2,1-2H3. The van der Waals surface area contributed by atoms with E-state index < -0.39 is 6.61 Å². The minimum absolute atomic E-state index is 0.0225. The third kappa shape index (κ3) is 5.58. The van der Waals surface area contributed by atoms with Gasteiger partial charge in [-0.3, -0.25) is 0 Å². The number of para-hydroxylation sites is 1. The fraction of sp³-hybridized carbons (Fsp3) is 0.500. The molecule has 0 saturated heterocycles. The van der Waals surface area contributed by atoms with Crippen LogP contribution in [0, 0.1) is 11.8 Å². The lowest BCUT2D eigenvalue weighted by Crippen LogP contribution is -2.23. The van der Waals surface area contributed by atoms with E-state index in [1.165, 1.54) is 0 Å². The summed E-state index contributed by atoms with van der Waals surface area (Å²) in [6.45, 7) is 1.88. The Bertz CT molecular complexity index is 451. The summed E-state index contributed by atoms with van der Waals surface area (Å²) < 4.78 is 29.5. The van der Waals surface area contributed by atoms with Crippen molar-refractivity contribution in [2.24, 2.45) is 0 Å². The highest BCUT2D eigenvalue weighted by atomic mass is 19.3. The Morgan fingerprint density at radius 1 is 1.30 bits per heavy atom. The molecule has 1 atom stereocenters. The van der Waals surface area contributed by atoms with Gasteiger partial charge in [0.1, 0.15) is 5.75 Å². The Labute approximate surface area is 119 Å². The van der Waals surface area contributed by atoms with Crippen molar-refractivity contribution in [2.75, 3.05) is 6.54 Å². The molecule has 0 radical (unpaired) electrons. The van der Waals surface area contributed by atoms with Crippen molar-refractivity contribution in [1.82, 2.24) is 5.32 Å². The van der Waals surface area contributed by atoms with E-state index in [0.717, 1.165) is 31.4 Å². The molecule has 2 nitrogen and oxygen atoms in total. The average molecular weight is 281 g/mol. The van der Waals surface area contributed by atoms with E-state index in [9.17, 15) is 8.78 Å². The van der Waals surface area contributed by atoms with Crippen LogP contribution in [-0.4, -0.2) is 13.2 Å². The summed E-state index contributed by atoms with van der Waals surface area (Å²) in [5.41, 5.74) is 0.763. The van der Waals surface area contributed by atoms with Crippen LogP contribution in [0.5, 0.6) is 5.75 Å². The second-order valence-corrected chi connectivity index (χ2v) is 4.39. The number of halogens is 2. The van der Waals surface area contributed by atoms with Gasteiger partial charge in [-0.15, -0.1) is 11.8 Å². The van der Waals surface area contributed by atoms with Gasteiger partial charge >= 0.3 is 6.61 Å². The Kier molecular flexibility index (Phi) is 7.67. The molecule has 0 aliphatic carbocycles. The van der Waals surface area contributed by atoms with E-state index in [2.05, 4.69) is 28.8 Å². The molecule has 1 N–H and O–H groups in total. The molecule has 0 spiro atoms.